The number of amides is 1. The molecule has 1 aromatic heterocycles. The zero-order chi connectivity index (χ0) is 21.8. The Balaban J connectivity index is 1.67. The van der Waals surface area contributed by atoms with E-state index >= 15 is 0 Å². The van der Waals surface area contributed by atoms with Gasteiger partial charge in [0.05, 0.1) is 11.6 Å². The molecule has 0 unspecified atom stereocenters. The van der Waals surface area contributed by atoms with Crippen LogP contribution in [0.5, 0.6) is 5.75 Å². The normalized spacial score (nSPS) is 11.7. The van der Waals surface area contributed by atoms with Gasteiger partial charge >= 0.3 is 0 Å². The van der Waals surface area contributed by atoms with E-state index in [1.165, 1.54) is 0 Å². The van der Waals surface area contributed by atoms with Crippen LogP contribution in [0.4, 0.5) is 0 Å². The summed E-state index contributed by atoms with van der Waals surface area (Å²) in [7, 11) is 1.57. The fourth-order valence-corrected chi connectivity index (χ4v) is 3.68. The van der Waals surface area contributed by atoms with Gasteiger partial charge in [-0.1, -0.05) is 41.9 Å². The van der Waals surface area contributed by atoms with Crippen molar-refractivity contribution in [2.24, 2.45) is 0 Å². The molecule has 8 heteroatoms. The fourth-order valence-electron chi connectivity index (χ4n) is 3.01. The van der Waals surface area contributed by atoms with Gasteiger partial charge in [0.25, 0.3) is 5.91 Å². The molecule has 1 N–H and O–H groups in total. The third kappa shape index (κ3) is 4.78. The molecule has 0 aliphatic rings. The van der Waals surface area contributed by atoms with Crippen molar-refractivity contribution in [2.45, 2.75) is 6.04 Å². The number of carbonyl (C=O) groups excluding carboxylic acids is 1. The first kappa shape index (κ1) is 21.1. The number of nitrogens with one attached hydrogen (secondary N) is 1. The molecular weight excluding hydrogens is 482 g/mol. The van der Waals surface area contributed by atoms with Gasteiger partial charge < -0.3 is 14.5 Å². The SMILES string of the molecule is COc1ccc(C(=O)N[C@H](c2ccc(Cl)cc2)c2nnc(-c3ccccc3)o2)cc1Br. The number of ether oxygens (including phenoxy) is 1. The van der Waals surface area contributed by atoms with Crippen molar-refractivity contribution >= 4 is 33.4 Å². The molecule has 1 amide bonds. The summed E-state index contributed by atoms with van der Waals surface area (Å²) in [6.45, 7) is 0. The lowest BCUT2D eigenvalue weighted by Crippen LogP contribution is -2.29. The average Bonchev–Trinajstić information content (AvgIpc) is 3.28. The Labute approximate surface area is 192 Å². The van der Waals surface area contributed by atoms with Crippen LogP contribution in [0.1, 0.15) is 27.9 Å². The molecule has 31 heavy (non-hydrogen) atoms. The van der Waals surface area contributed by atoms with Gasteiger partial charge in [0.1, 0.15) is 11.8 Å². The van der Waals surface area contributed by atoms with Crippen molar-refractivity contribution in [1.29, 1.82) is 0 Å². The molecule has 0 fully saturated rings. The molecule has 6 nitrogen and oxygen atoms in total. The topological polar surface area (TPSA) is 77.2 Å². The number of aromatic nitrogens is 2. The van der Waals surface area contributed by atoms with E-state index in [1.54, 1.807) is 37.4 Å². The highest BCUT2D eigenvalue weighted by Crippen LogP contribution is 2.28. The van der Waals surface area contributed by atoms with Crippen molar-refractivity contribution < 1.29 is 13.9 Å². The molecule has 0 spiro atoms. The Morgan fingerprint density at radius 3 is 2.48 bits per heavy atom. The average molecular weight is 499 g/mol. The predicted molar refractivity (Wildman–Crippen MR) is 121 cm³/mol. The van der Waals surface area contributed by atoms with Crippen molar-refractivity contribution in [3.63, 3.8) is 0 Å². The van der Waals surface area contributed by atoms with E-state index in [2.05, 4.69) is 31.4 Å². The van der Waals surface area contributed by atoms with Crippen molar-refractivity contribution in [2.75, 3.05) is 7.11 Å². The highest BCUT2D eigenvalue weighted by atomic mass is 79.9. The molecular formula is C23H17BrClN3O3. The van der Waals surface area contributed by atoms with Crippen LogP contribution >= 0.6 is 27.5 Å². The van der Waals surface area contributed by atoms with Crippen LogP contribution in [-0.4, -0.2) is 23.2 Å². The summed E-state index contributed by atoms with van der Waals surface area (Å²) in [5.74, 6) is 0.969. The summed E-state index contributed by atoms with van der Waals surface area (Å²) in [4.78, 5) is 13.0. The number of carbonyl (C=O) groups is 1. The second kappa shape index (κ2) is 9.32. The van der Waals surface area contributed by atoms with Crippen molar-refractivity contribution in [1.82, 2.24) is 15.5 Å². The number of benzene rings is 3. The zero-order valence-electron chi connectivity index (χ0n) is 16.4. The highest BCUT2D eigenvalue weighted by molar-refractivity contribution is 9.10. The number of hydrogen-bond donors (Lipinski definition) is 1. The first-order valence-corrected chi connectivity index (χ1v) is 10.5. The molecule has 4 aromatic rings. The van der Waals surface area contributed by atoms with Crippen LogP contribution in [-0.2, 0) is 0 Å². The Morgan fingerprint density at radius 2 is 1.81 bits per heavy atom. The van der Waals surface area contributed by atoms with Gasteiger partial charge in [-0.25, -0.2) is 0 Å². The summed E-state index contributed by atoms with van der Waals surface area (Å²) >= 11 is 9.45. The van der Waals surface area contributed by atoms with Crippen LogP contribution < -0.4 is 10.1 Å². The van der Waals surface area contributed by atoms with Crippen molar-refractivity contribution in [3.05, 3.63) is 99.3 Å². The first-order chi connectivity index (χ1) is 15.0. The molecule has 156 valence electrons. The molecule has 0 aliphatic carbocycles. The standard InChI is InChI=1S/C23H17BrClN3O3/c1-30-19-12-9-16(13-18(19)24)21(29)26-20(14-7-10-17(25)11-8-14)23-28-27-22(31-23)15-5-3-2-4-6-15/h2-13,20H,1H3,(H,26,29)/t20-/m1/s1. The van der Waals surface area contributed by atoms with E-state index in [0.717, 1.165) is 11.1 Å². The second-order valence-electron chi connectivity index (χ2n) is 6.62. The lowest BCUT2D eigenvalue weighted by Gasteiger charge is -2.16. The van der Waals surface area contributed by atoms with Gasteiger partial charge in [-0.2, -0.15) is 0 Å². The summed E-state index contributed by atoms with van der Waals surface area (Å²) in [6.07, 6.45) is 0. The van der Waals surface area contributed by atoms with Crippen LogP contribution in [0.15, 0.2) is 81.7 Å². The quantitative estimate of drug-likeness (QED) is 0.370. The third-order valence-corrected chi connectivity index (χ3v) is 5.47. The van der Waals surface area contributed by atoms with Crippen molar-refractivity contribution in [3.8, 4) is 17.2 Å². The minimum absolute atomic E-state index is 0.266. The summed E-state index contributed by atoms with van der Waals surface area (Å²) < 4.78 is 11.8. The Bertz CT molecular complexity index is 1200. The third-order valence-electron chi connectivity index (χ3n) is 4.60. The van der Waals surface area contributed by atoms with Gasteiger partial charge in [0.15, 0.2) is 0 Å². The number of halogens is 2. The van der Waals surface area contributed by atoms with E-state index < -0.39 is 6.04 Å². The maximum absolute atomic E-state index is 13.0. The number of methoxy groups -OCH3 is 1. The Kier molecular flexibility index (Phi) is 6.34. The Hall–Kier alpha value is -3.16. The minimum atomic E-state index is -0.657. The minimum Gasteiger partial charge on any atom is -0.496 e. The lowest BCUT2D eigenvalue weighted by molar-refractivity contribution is 0.0938. The van der Waals surface area contributed by atoms with Gasteiger partial charge in [-0.05, 0) is 64.0 Å². The maximum Gasteiger partial charge on any atom is 0.252 e. The molecule has 0 saturated heterocycles. The molecule has 4 rings (SSSR count). The summed E-state index contributed by atoms with van der Waals surface area (Å²) in [5, 5.41) is 11.9. The molecule has 0 saturated carbocycles. The Morgan fingerprint density at radius 1 is 1.06 bits per heavy atom. The smallest absolute Gasteiger partial charge is 0.252 e. The maximum atomic E-state index is 13.0. The molecule has 1 atom stereocenters. The van der Waals surface area contributed by atoms with Crippen LogP contribution in [0.25, 0.3) is 11.5 Å². The van der Waals surface area contributed by atoms with E-state index in [4.69, 9.17) is 20.8 Å². The van der Waals surface area contributed by atoms with Gasteiger partial charge in [-0.3, -0.25) is 4.79 Å². The molecule has 3 aromatic carbocycles. The zero-order valence-corrected chi connectivity index (χ0v) is 18.7. The summed E-state index contributed by atoms with van der Waals surface area (Å²) in [6, 6.07) is 21.0. The lowest BCUT2D eigenvalue weighted by atomic mass is 10.1. The molecule has 0 radical (unpaired) electrons. The van der Waals surface area contributed by atoms with Gasteiger partial charge in [0.2, 0.25) is 11.8 Å². The van der Waals surface area contributed by atoms with E-state index in [-0.39, 0.29) is 11.8 Å². The van der Waals surface area contributed by atoms with Crippen LogP contribution in [0.3, 0.4) is 0 Å². The number of rotatable bonds is 6. The second-order valence-corrected chi connectivity index (χ2v) is 7.91. The van der Waals surface area contributed by atoms with E-state index in [1.807, 2.05) is 42.5 Å². The molecule has 0 aliphatic heterocycles. The number of hydrogen-bond acceptors (Lipinski definition) is 5. The van der Waals surface area contributed by atoms with Crippen LogP contribution in [0, 0.1) is 0 Å². The molecule has 1 heterocycles. The van der Waals surface area contributed by atoms with Gasteiger partial charge in [-0.15, -0.1) is 10.2 Å². The highest BCUT2D eigenvalue weighted by Gasteiger charge is 2.24. The summed E-state index contributed by atoms with van der Waals surface area (Å²) in [5.41, 5.74) is 2.00. The van der Waals surface area contributed by atoms with E-state index in [9.17, 15) is 4.79 Å². The molecule has 0 bridgehead atoms. The van der Waals surface area contributed by atoms with Gasteiger partial charge in [0, 0.05) is 16.1 Å². The van der Waals surface area contributed by atoms with E-state index in [0.29, 0.717) is 26.7 Å². The predicted octanol–water partition coefficient (Wildman–Crippen LogP) is 5.68. The monoisotopic (exact) mass is 497 g/mol. The fraction of sp³-hybridized carbons (Fsp3) is 0.0870. The largest absolute Gasteiger partial charge is 0.496 e. The van der Waals surface area contributed by atoms with Crippen LogP contribution in [0.2, 0.25) is 5.02 Å². The first-order valence-electron chi connectivity index (χ1n) is 9.34. The number of nitrogens with zero attached hydrogens (tertiary/aromatic N) is 2.